The highest BCUT2D eigenvalue weighted by Gasteiger charge is 2.43. The average molecular weight is 305 g/mol. The maximum absolute atomic E-state index is 12.9. The largest absolute Gasteiger partial charge is 0.384 e. The Bertz CT molecular complexity index is 784. The van der Waals surface area contributed by atoms with Crippen molar-refractivity contribution in [1.82, 2.24) is 5.32 Å². The smallest absolute Gasteiger partial charge is 0.204 e. The van der Waals surface area contributed by atoms with Crippen molar-refractivity contribution >= 4 is 17.2 Å². The van der Waals surface area contributed by atoms with Crippen molar-refractivity contribution < 1.29 is 4.79 Å². The van der Waals surface area contributed by atoms with Crippen LogP contribution in [0.4, 0.5) is 5.69 Å². The lowest BCUT2D eigenvalue weighted by Crippen LogP contribution is -2.48. The first-order chi connectivity index (χ1) is 11.2. The number of nitrogens with one attached hydrogen (secondary N) is 2. The molecule has 2 aliphatic rings. The summed E-state index contributed by atoms with van der Waals surface area (Å²) in [6, 6.07) is 17.6. The Balaban J connectivity index is 1.76. The van der Waals surface area contributed by atoms with Crippen LogP contribution in [0.2, 0.25) is 0 Å². The molecule has 0 amide bonds. The Kier molecular flexibility index (Phi) is 3.27. The normalized spacial score (nSPS) is 25.6. The van der Waals surface area contributed by atoms with Gasteiger partial charge in [-0.2, -0.15) is 0 Å². The maximum Gasteiger partial charge on any atom is 0.204 e. The zero-order chi connectivity index (χ0) is 15.9. The van der Waals surface area contributed by atoms with E-state index in [1.165, 1.54) is 0 Å². The standard InChI is InChI=1S/C19H19N3O/c1-19(18(23)13-7-3-2-4-8-13)21-16-11-12-20-15-10-6-5-9-14(15)17(16)22-19/h2-10,16,20-21H,11-12H2,1H3. The second kappa shape index (κ2) is 5.32. The van der Waals surface area contributed by atoms with Gasteiger partial charge in [0.25, 0.3) is 0 Å². The third-order valence-corrected chi connectivity index (χ3v) is 4.56. The number of carbonyl (C=O) groups is 1. The monoisotopic (exact) mass is 305 g/mol. The Hall–Kier alpha value is -2.46. The van der Waals surface area contributed by atoms with Gasteiger partial charge in [-0.15, -0.1) is 0 Å². The fraction of sp³-hybridized carbons (Fsp3) is 0.263. The number of fused-ring (bicyclic) bond motifs is 3. The summed E-state index contributed by atoms with van der Waals surface area (Å²) in [6.45, 7) is 2.74. The van der Waals surface area contributed by atoms with E-state index in [1.807, 2.05) is 49.4 Å². The fourth-order valence-corrected chi connectivity index (χ4v) is 3.41. The molecule has 0 radical (unpaired) electrons. The highest BCUT2D eigenvalue weighted by atomic mass is 16.1. The summed E-state index contributed by atoms with van der Waals surface area (Å²) < 4.78 is 0. The van der Waals surface area contributed by atoms with Gasteiger partial charge in [0, 0.05) is 23.4 Å². The third-order valence-electron chi connectivity index (χ3n) is 4.56. The summed E-state index contributed by atoms with van der Waals surface area (Å²) in [6.07, 6.45) is 0.908. The Morgan fingerprint density at radius 1 is 1.13 bits per heavy atom. The molecule has 0 spiro atoms. The molecule has 0 fully saturated rings. The molecule has 4 heteroatoms. The lowest BCUT2D eigenvalue weighted by Gasteiger charge is -2.22. The molecule has 0 saturated heterocycles. The molecule has 2 aliphatic heterocycles. The van der Waals surface area contributed by atoms with Gasteiger partial charge in [0.2, 0.25) is 5.78 Å². The maximum atomic E-state index is 12.9. The lowest BCUT2D eigenvalue weighted by atomic mass is 10.00. The van der Waals surface area contributed by atoms with Gasteiger partial charge < -0.3 is 5.32 Å². The molecule has 2 N–H and O–H groups in total. The van der Waals surface area contributed by atoms with Gasteiger partial charge in [-0.25, -0.2) is 0 Å². The van der Waals surface area contributed by atoms with E-state index in [4.69, 9.17) is 4.99 Å². The van der Waals surface area contributed by atoms with Gasteiger partial charge in [-0.3, -0.25) is 15.1 Å². The first-order valence-electron chi connectivity index (χ1n) is 7.98. The minimum atomic E-state index is -0.897. The van der Waals surface area contributed by atoms with Crippen molar-refractivity contribution in [2.75, 3.05) is 11.9 Å². The molecular weight excluding hydrogens is 286 g/mol. The highest BCUT2D eigenvalue weighted by molar-refractivity contribution is 6.14. The van der Waals surface area contributed by atoms with Crippen LogP contribution in [0.15, 0.2) is 59.6 Å². The van der Waals surface area contributed by atoms with Crippen LogP contribution in [0.25, 0.3) is 0 Å². The first-order valence-corrected chi connectivity index (χ1v) is 7.98. The van der Waals surface area contributed by atoms with Gasteiger partial charge in [-0.1, -0.05) is 48.5 Å². The number of ketones is 1. The Labute approximate surface area is 135 Å². The summed E-state index contributed by atoms with van der Waals surface area (Å²) in [5.41, 5.74) is 2.96. The SMILES string of the molecule is CC1(C(=O)c2ccccc2)N=C2c3ccccc3NCCC2N1. The van der Waals surface area contributed by atoms with Crippen molar-refractivity contribution in [3.8, 4) is 0 Å². The summed E-state index contributed by atoms with van der Waals surface area (Å²) in [5, 5.41) is 6.89. The van der Waals surface area contributed by atoms with Gasteiger partial charge >= 0.3 is 0 Å². The molecule has 2 heterocycles. The van der Waals surface area contributed by atoms with Gasteiger partial charge in [-0.05, 0) is 19.4 Å². The molecule has 4 rings (SSSR count). The number of hydrogen-bond acceptors (Lipinski definition) is 4. The van der Waals surface area contributed by atoms with E-state index in [1.54, 1.807) is 0 Å². The molecular formula is C19H19N3O. The van der Waals surface area contributed by atoms with Crippen LogP contribution >= 0.6 is 0 Å². The van der Waals surface area contributed by atoms with Crippen LogP contribution in [0, 0.1) is 0 Å². The van der Waals surface area contributed by atoms with Crippen LogP contribution in [0.1, 0.15) is 29.3 Å². The van der Waals surface area contributed by atoms with Gasteiger partial charge in [0.1, 0.15) is 0 Å². The summed E-state index contributed by atoms with van der Waals surface area (Å²) in [5.74, 6) is 0.0177. The number of Topliss-reactive ketones (excluding diaryl/α,β-unsaturated/α-hetero) is 1. The molecule has 2 aromatic carbocycles. The molecule has 0 saturated carbocycles. The fourth-order valence-electron chi connectivity index (χ4n) is 3.41. The number of aliphatic imine (C=N–C) groups is 1. The molecule has 2 aromatic rings. The van der Waals surface area contributed by atoms with Crippen LogP contribution in [0.3, 0.4) is 0 Å². The molecule has 0 aliphatic carbocycles. The predicted octanol–water partition coefficient (Wildman–Crippen LogP) is 2.86. The summed E-state index contributed by atoms with van der Waals surface area (Å²) in [7, 11) is 0. The number of carbonyl (C=O) groups excluding carboxylic acids is 1. The molecule has 2 unspecified atom stereocenters. The van der Waals surface area contributed by atoms with Crippen LogP contribution in [-0.4, -0.2) is 29.7 Å². The van der Waals surface area contributed by atoms with E-state index in [2.05, 4.69) is 22.8 Å². The number of rotatable bonds is 2. The van der Waals surface area contributed by atoms with E-state index in [0.717, 1.165) is 29.9 Å². The van der Waals surface area contributed by atoms with E-state index in [9.17, 15) is 4.79 Å². The lowest BCUT2D eigenvalue weighted by molar-refractivity contribution is 0.0879. The van der Waals surface area contributed by atoms with Crippen molar-refractivity contribution in [1.29, 1.82) is 0 Å². The summed E-state index contributed by atoms with van der Waals surface area (Å²) >= 11 is 0. The number of para-hydroxylation sites is 1. The van der Waals surface area contributed by atoms with E-state index >= 15 is 0 Å². The van der Waals surface area contributed by atoms with Crippen LogP contribution < -0.4 is 10.6 Å². The number of nitrogens with zero attached hydrogens (tertiary/aromatic N) is 1. The molecule has 2 atom stereocenters. The highest BCUT2D eigenvalue weighted by Crippen LogP contribution is 2.30. The van der Waals surface area contributed by atoms with Gasteiger partial charge in [0.15, 0.2) is 5.66 Å². The van der Waals surface area contributed by atoms with Crippen molar-refractivity contribution in [2.45, 2.75) is 25.0 Å². The second-order valence-electron chi connectivity index (χ2n) is 6.22. The minimum Gasteiger partial charge on any atom is -0.384 e. The molecule has 23 heavy (non-hydrogen) atoms. The second-order valence-corrected chi connectivity index (χ2v) is 6.22. The molecule has 4 nitrogen and oxygen atoms in total. The van der Waals surface area contributed by atoms with Crippen molar-refractivity contribution in [2.24, 2.45) is 4.99 Å². The average Bonchev–Trinajstić information content (AvgIpc) is 2.84. The first kappa shape index (κ1) is 14.2. The van der Waals surface area contributed by atoms with E-state index in [-0.39, 0.29) is 11.8 Å². The van der Waals surface area contributed by atoms with E-state index in [0.29, 0.717) is 5.56 Å². The minimum absolute atomic E-state index is 0.0177. The number of anilines is 1. The van der Waals surface area contributed by atoms with E-state index < -0.39 is 5.66 Å². The summed E-state index contributed by atoms with van der Waals surface area (Å²) in [4.78, 5) is 17.8. The number of benzene rings is 2. The zero-order valence-electron chi connectivity index (χ0n) is 13.0. The van der Waals surface area contributed by atoms with Crippen LogP contribution in [0.5, 0.6) is 0 Å². The van der Waals surface area contributed by atoms with Gasteiger partial charge in [0.05, 0.1) is 11.8 Å². The number of hydrogen-bond donors (Lipinski definition) is 2. The molecule has 116 valence electrons. The zero-order valence-corrected chi connectivity index (χ0v) is 13.0. The van der Waals surface area contributed by atoms with Crippen molar-refractivity contribution in [3.05, 3.63) is 65.7 Å². The third kappa shape index (κ3) is 2.35. The quantitative estimate of drug-likeness (QED) is 0.839. The Morgan fingerprint density at radius 3 is 2.70 bits per heavy atom. The Morgan fingerprint density at radius 2 is 1.87 bits per heavy atom. The molecule has 0 aromatic heterocycles. The molecule has 0 bridgehead atoms. The van der Waals surface area contributed by atoms with Crippen molar-refractivity contribution in [3.63, 3.8) is 0 Å². The van der Waals surface area contributed by atoms with Crippen LogP contribution in [-0.2, 0) is 0 Å². The predicted molar refractivity (Wildman–Crippen MR) is 92.2 cm³/mol. The topological polar surface area (TPSA) is 53.5 Å².